The minimum atomic E-state index is -0.742. The van der Waals surface area contributed by atoms with E-state index < -0.39 is 11.8 Å². The molecule has 1 saturated carbocycles. The Hall–Kier alpha value is -3.99. The summed E-state index contributed by atoms with van der Waals surface area (Å²) >= 11 is 0. The first-order valence-corrected chi connectivity index (χ1v) is 10.3. The van der Waals surface area contributed by atoms with E-state index in [1.807, 2.05) is 12.1 Å². The normalized spacial score (nSPS) is 18.2. The van der Waals surface area contributed by atoms with Gasteiger partial charge in [-0.1, -0.05) is 18.9 Å². The first-order valence-electron chi connectivity index (χ1n) is 10.3. The van der Waals surface area contributed by atoms with Crippen LogP contribution in [0.4, 0.5) is 17.3 Å². The molecule has 11 heteroatoms. The van der Waals surface area contributed by atoms with Gasteiger partial charge in [0.25, 0.3) is 11.8 Å². The number of nitrogens with one attached hydrogen (secondary N) is 2. The van der Waals surface area contributed by atoms with Gasteiger partial charge in [0, 0.05) is 17.8 Å². The molecule has 0 radical (unpaired) electrons. The molecule has 2 aromatic heterocycles. The van der Waals surface area contributed by atoms with Crippen LogP contribution < -0.4 is 27.8 Å². The number of aromatic nitrogens is 4. The second kappa shape index (κ2) is 9.02. The fourth-order valence-electron chi connectivity index (χ4n) is 3.80. The van der Waals surface area contributed by atoms with E-state index in [2.05, 4.69) is 25.8 Å². The number of carbonyl (C=O) groups is 2. The van der Waals surface area contributed by atoms with Gasteiger partial charge in [-0.15, -0.1) is 0 Å². The summed E-state index contributed by atoms with van der Waals surface area (Å²) in [5, 5.41) is 14.6. The third kappa shape index (κ3) is 4.52. The molecule has 2 amide bonds. The highest BCUT2D eigenvalue weighted by Crippen LogP contribution is 2.28. The number of amides is 2. The lowest BCUT2D eigenvalue weighted by atomic mass is 9.91. The van der Waals surface area contributed by atoms with E-state index >= 15 is 0 Å². The summed E-state index contributed by atoms with van der Waals surface area (Å²) in [6.45, 7) is 0. The van der Waals surface area contributed by atoms with E-state index in [9.17, 15) is 9.59 Å². The Morgan fingerprint density at radius 2 is 1.66 bits per heavy atom. The highest BCUT2D eigenvalue weighted by Gasteiger charge is 2.25. The summed E-state index contributed by atoms with van der Waals surface area (Å²) in [4.78, 5) is 30.2. The van der Waals surface area contributed by atoms with Crippen LogP contribution in [0.3, 0.4) is 0 Å². The van der Waals surface area contributed by atoms with Crippen molar-refractivity contribution in [2.24, 2.45) is 17.2 Å². The molecule has 0 aliphatic heterocycles. The number of benzene rings is 1. The molecule has 0 bridgehead atoms. The largest absolute Gasteiger partial charge is 0.365 e. The highest BCUT2D eigenvalue weighted by atomic mass is 16.1. The summed E-state index contributed by atoms with van der Waals surface area (Å²) in [7, 11) is 0. The van der Waals surface area contributed by atoms with Crippen molar-refractivity contribution < 1.29 is 9.59 Å². The van der Waals surface area contributed by atoms with Gasteiger partial charge in [-0.05, 0) is 37.1 Å². The van der Waals surface area contributed by atoms with Crippen LogP contribution in [0.2, 0.25) is 0 Å². The summed E-state index contributed by atoms with van der Waals surface area (Å²) in [6, 6.07) is 8.46. The van der Waals surface area contributed by atoms with E-state index in [1.54, 1.807) is 24.5 Å². The Balaban J connectivity index is 1.71. The molecule has 1 fully saturated rings. The van der Waals surface area contributed by atoms with Gasteiger partial charge >= 0.3 is 0 Å². The number of hydrogen-bond donors (Lipinski definition) is 5. The number of nitrogens with zero attached hydrogens (tertiary/aromatic N) is 4. The zero-order chi connectivity index (χ0) is 22.7. The molecular weight excluding hydrogens is 410 g/mol. The van der Waals surface area contributed by atoms with Crippen molar-refractivity contribution in [1.29, 1.82) is 0 Å². The Bertz CT molecular complexity index is 1130. The lowest BCUT2D eigenvalue weighted by Crippen LogP contribution is -2.43. The minimum absolute atomic E-state index is 0.0416. The van der Waals surface area contributed by atoms with Crippen molar-refractivity contribution in [3.05, 3.63) is 53.9 Å². The van der Waals surface area contributed by atoms with E-state index in [-0.39, 0.29) is 34.8 Å². The van der Waals surface area contributed by atoms with Crippen molar-refractivity contribution in [3.8, 4) is 5.69 Å². The Morgan fingerprint density at radius 1 is 0.969 bits per heavy atom. The first kappa shape index (κ1) is 21.2. The van der Waals surface area contributed by atoms with Gasteiger partial charge < -0.3 is 27.8 Å². The van der Waals surface area contributed by atoms with Crippen LogP contribution in [0, 0.1) is 0 Å². The lowest BCUT2D eigenvalue weighted by molar-refractivity contribution is 0.0999. The standard InChI is InChI=1S/C21H25N9O2/c22-16-6-1-2-7-17(16)28-21-15(19(24)32)11-14(18(23)31)20(29-21)27-12-4-3-5-13(10-12)30-25-8-9-26-30/h3-5,8-11,16-17H,1-2,6-7,22H2,(H2,23,31)(H2,24,32)(H2,27,28,29). The number of hydrogen-bond acceptors (Lipinski definition) is 8. The molecular formula is C21H25N9O2. The molecule has 2 atom stereocenters. The summed E-state index contributed by atoms with van der Waals surface area (Å²) in [5.41, 5.74) is 18.8. The third-order valence-electron chi connectivity index (χ3n) is 5.45. The van der Waals surface area contributed by atoms with Crippen molar-refractivity contribution in [2.75, 3.05) is 10.6 Å². The summed E-state index contributed by atoms with van der Waals surface area (Å²) in [6.07, 6.45) is 6.95. The number of anilines is 3. The molecule has 2 heterocycles. The number of carbonyl (C=O) groups excluding carboxylic acids is 2. The number of primary amides is 2. The van der Waals surface area contributed by atoms with Crippen LogP contribution in [0.15, 0.2) is 42.7 Å². The first-order chi connectivity index (χ1) is 15.4. The predicted molar refractivity (Wildman–Crippen MR) is 120 cm³/mol. The minimum Gasteiger partial charge on any atom is -0.365 e. The van der Waals surface area contributed by atoms with Gasteiger partial charge in [-0.3, -0.25) is 9.59 Å². The fraction of sp³-hybridized carbons (Fsp3) is 0.286. The Morgan fingerprint density at radius 3 is 2.34 bits per heavy atom. The van der Waals surface area contributed by atoms with Crippen molar-refractivity contribution in [3.63, 3.8) is 0 Å². The maximum Gasteiger partial charge on any atom is 0.252 e. The van der Waals surface area contributed by atoms with Crippen LogP contribution in [-0.2, 0) is 0 Å². The van der Waals surface area contributed by atoms with Crippen LogP contribution in [-0.4, -0.2) is 43.9 Å². The average Bonchev–Trinajstić information content (AvgIpc) is 3.30. The SMILES string of the molecule is NC(=O)c1cc(C(N)=O)c(NC2CCCCC2N)nc1Nc1cccc(-n2nccn2)c1. The van der Waals surface area contributed by atoms with Crippen LogP contribution in [0.5, 0.6) is 0 Å². The molecule has 8 N–H and O–H groups in total. The molecule has 1 aromatic carbocycles. The second-order valence-electron chi connectivity index (χ2n) is 7.70. The van der Waals surface area contributed by atoms with Crippen molar-refractivity contribution in [1.82, 2.24) is 20.0 Å². The molecule has 166 valence electrons. The van der Waals surface area contributed by atoms with Gasteiger partial charge in [-0.25, -0.2) is 4.98 Å². The fourth-order valence-corrected chi connectivity index (χ4v) is 3.80. The van der Waals surface area contributed by atoms with Crippen LogP contribution >= 0.6 is 0 Å². The topological polar surface area (TPSA) is 180 Å². The maximum atomic E-state index is 12.1. The molecule has 1 aliphatic rings. The van der Waals surface area contributed by atoms with Gasteiger partial charge in [0.1, 0.15) is 11.6 Å². The zero-order valence-electron chi connectivity index (χ0n) is 17.4. The molecule has 32 heavy (non-hydrogen) atoms. The predicted octanol–water partition coefficient (Wildman–Crippen LogP) is 1.29. The van der Waals surface area contributed by atoms with Gasteiger partial charge in [0.05, 0.1) is 29.2 Å². The molecule has 4 rings (SSSR count). The molecule has 11 nitrogen and oxygen atoms in total. The molecule has 0 spiro atoms. The quantitative estimate of drug-likeness (QED) is 0.368. The van der Waals surface area contributed by atoms with Gasteiger partial charge in [0.15, 0.2) is 0 Å². The smallest absolute Gasteiger partial charge is 0.252 e. The molecule has 3 aromatic rings. The number of nitrogens with two attached hydrogens (primary N) is 3. The average molecular weight is 435 g/mol. The zero-order valence-corrected chi connectivity index (χ0v) is 17.4. The summed E-state index contributed by atoms with van der Waals surface area (Å²) < 4.78 is 0. The van der Waals surface area contributed by atoms with Crippen molar-refractivity contribution in [2.45, 2.75) is 37.8 Å². The molecule has 0 saturated heterocycles. The Labute approximate surface area is 184 Å². The number of rotatable bonds is 7. The molecule has 2 unspecified atom stereocenters. The van der Waals surface area contributed by atoms with E-state index in [1.165, 1.54) is 10.9 Å². The maximum absolute atomic E-state index is 12.1. The monoisotopic (exact) mass is 435 g/mol. The number of pyridine rings is 1. The van der Waals surface area contributed by atoms with E-state index in [0.717, 1.165) is 25.7 Å². The van der Waals surface area contributed by atoms with Gasteiger partial charge in [-0.2, -0.15) is 15.0 Å². The highest BCUT2D eigenvalue weighted by molar-refractivity contribution is 6.04. The van der Waals surface area contributed by atoms with Crippen LogP contribution in [0.1, 0.15) is 46.4 Å². The van der Waals surface area contributed by atoms with E-state index in [4.69, 9.17) is 17.2 Å². The van der Waals surface area contributed by atoms with E-state index in [0.29, 0.717) is 11.4 Å². The summed E-state index contributed by atoms with van der Waals surface area (Å²) in [5.74, 6) is -1.00. The molecule has 1 aliphatic carbocycles. The Kier molecular flexibility index (Phi) is 5.99. The van der Waals surface area contributed by atoms with Crippen LogP contribution in [0.25, 0.3) is 5.69 Å². The van der Waals surface area contributed by atoms with Gasteiger partial charge in [0.2, 0.25) is 0 Å². The third-order valence-corrected chi connectivity index (χ3v) is 5.45. The van der Waals surface area contributed by atoms with Crippen molar-refractivity contribution >= 4 is 29.1 Å². The lowest BCUT2D eigenvalue weighted by Gasteiger charge is -2.30. The second-order valence-corrected chi connectivity index (χ2v) is 7.70.